The number of para-hydroxylation sites is 2. The van der Waals surface area contributed by atoms with E-state index in [2.05, 4.69) is 5.16 Å². The minimum absolute atomic E-state index is 0.159. The van der Waals surface area contributed by atoms with E-state index in [9.17, 15) is 24.5 Å². The summed E-state index contributed by atoms with van der Waals surface area (Å²) in [6, 6.07) is 8.64. The number of hydrogen-bond donors (Lipinski definition) is 0. The SMILES string of the molecule is O=C(C1=NO[C@H]2C(=O)N(c3ccccc3[N+](=O)[O-])C(=O)[C@@H]12)c1cccs1. The van der Waals surface area contributed by atoms with E-state index < -0.39 is 40.2 Å². The Hall–Kier alpha value is -3.40. The summed E-state index contributed by atoms with van der Waals surface area (Å²) in [6.07, 6.45) is -1.29. The standard InChI is InChI=1S/C16H9N3O6S/c20-13(10-6-3-7-26-10)12-11-14(25-17-12)16(22)18(15(11)21)8-4-1-2-5-9(8)19(23)24/h1-7,11,14H/t11-,14+/m0/s1. The van der Waals surface area contributed by atoms with E-state index in [1.54, 1.807) is 17.5 Å². The Labute approximate surface area is 149 Å². The summed E-state index contributed by atoms with van der Waals surface area (Å²) in [7, 11) is 0. The summed E-state index contributed by atoms with van der Waals surface area (Å²) in [4.78, 5) is 54.6. The number of nitrogens with zero attached hydrogens (tertiary/aromatic N) is 3. The highest BCUT2D eigenvalue weighted by atomic mass is 32.1. The van der Waals surface area contributed by atoms with E-state index in [0.29, 0.717) is 9.78 Å². The smallest absolute Gasteiger partial charge is 0.293 e. The van der Waals surface area contributed by atoms with E-state index in [1.807, 2.05) is 0 Å². The molecule has 0 radical (unpaired) electrons. The number of anilines is 1. The van der Waals surface area contributed by atoms with Crippen molar-refractivity contribution >= 4 is 46.0 Å². The Morgan fingerprint density at radius 1 is 1.19 bits per heavy atom. The molecule has 0 aliphatic carbocycles. The molecule has 0 N–H and O–H groups in total. The zero-order valence-corrected chi connectivity index (χ0v) is 13.7. The fourth-order valence-electron chi connectivity index (χ4n) is 2.95. The van der Waals surface area contributed by atoms with Crippen LogP contribution in [0.1, 0.15) is 9.67 Å². The van der Waals surface area contributed by atoms with E-state index >= 15 is 0 Å². The summed E-state index contributed by atoms with van der Waals surface area (Å²) in [5, 5.41) is 16.5. The van der Waals surface area contributed by atoms with Crippen LogP contribution in [0.5, 0.6) is 0 Å². The first-order valence-electron chi connectivity index (χ1n) is 7.44. The van der Waals surface area contributed by atoms with E-state index in [0.717, 1.165) is 0 Å². The molecular formula is C16H9N3O6S. The molecule has 1 aromatic heterocycles. The molecule has 10 heteroatoms. The summed E-state index contributed by atoms with van der Waals surface area (Å²) in [5.41, 5.74) is -0.720. The van der Waals surface area contributed by atoms with Crippen LogP contribution in [-0.4, -0.2) is 34.3 Å². The molecular weight excluding hydrogens is 362 g/mol. The molecule has 0 unspecified atom stereocenters. The van der Waals surface area contributed by atoms with Crippen LogP contribution in [0.15, 0.2) is 46.9 Å². The van der Waals surface area contributed by atoms with Crippen LogP contribution in [0.2, 0.25) is 0 Å². The molecule has 0 bridgehead atoms. The van der Waals surface area contributed by atoms with Crippen molar-refractivity contribution in [3.63, 3.8) is 0 Å². The van der Waals surface area contributed by atoms with Gasteiger partial charge in [0, 0.05) is 6.07 Å². The molecule has 2 aromatic rings. The minimum Gasteiger partial charge on any atom is -0.381 e. The van der Waals surface area contributed by atoms with Crippen molar-refractivity contribution in [2.45, 2.75) is 6.10 Å². The molecule has 26 heavy (non-hydrogen) atoms. The maximum absolute atomic E-state index is 12.8. The first kappa shape index (κ1) is 16.1. The summed E-state index contributed by atoms with van der Waals surface area (Å²) >= 11 is 1.17. The number of nitro benzene ring substituents is 1. The van der Waals surface area contributed by atoms with Gasteiger partial charge in [0.15, 0.2) is 0 Å². The van der Waals surface area contributed by atoms with Crippen LogP contribution in [-0.2, 0) is 14.4 Å². The molecule has 4 rings (SSSR count). The third-order valence-corrected chi connectivity index (χ3v) is 4.98. The molecule has 2 amide bonds. The largest absolute Gasteiger partial charge is 0.381 e. The number of thiophene rings is 1. The number of oxime groups is 1. The Morgan fingerprint density at radius 3 is 2.65 bits per heavy atom. The molecule has 2 aliphatic rings. The van der Waals surface area contributed by atoms with E-state index in [1.165, 1.54) is 35.6 Å². The number of ketones is 1. The van der Waals surface area contributed by atoms with Crippen LogP contribution in [0.3, 0.4) is 0 Å². The lowest BCUT2D eigenvalue weighted by atomic mass is 9.96. The van der Waals surface area contributed by atoms with Gasteiger partial charge in [-0.15, -0.1) is 11.3 Å². The second-order valence-electron chi connectivity index (χ2n) is 5.54. The normalized spacial score (nSPS) is 21.4. The number of Topliss-reactive ketones (excluding diaryl/α,β-unsaturated/α-hetero) is 1. The van der Waals surface area contributed by atoms with Crippen LogP contribution in [0.25, 0.3) is 0 Å². The van der Waals surface area contributed by atoms with Gasteiger partial charge in [-0.2, -0.15) is 0 Å². The highest BCUT2D eigenvalue weighted by Crippen LogP contribution is 2.38. The molecule has 3 heterocycles. The molecule has 2 atom stereocenters. The van der Waals surface area contributed by atoms with Gasteiger partial charge in [-0.3, -0.25) is 24.5 Å². The Balaban J connectivity index is 1.72. The molecule has 130 valence electrons. The first-order valence-corrected chi connectivity index (χ1v) is 8.32. The van der Waals surface area contributed by atoms with Crippen molar-refractivity contribution < 1.29 is 24.1 Å². The van der Waals surface area contributed by atoms with E-state index in [4.69, 9.17) is 4.84 Å². The van der Waals surface area contributed by atoms with Crippen LogP contribution < -0.4 is 4.90 Å². The first-order chi connectivity index (χ1) is 12.5. The molecule has 1 aromatic carbocycles. The average Bonchev–Trinajstić information content (AvgIpc) is 3.34. The van der Waals surface area contributed by atoms with Gasteiger partial charge >= 0.3 is 0 Å². The van der Waals surface area contributed by atoms with Crippen LogP contribution in [0.4, 0.5) is 11.4 Å². The number of benzene rings is 1. The van der Waals surface area contributed by atoms with Crippen LogP contribution in [0, 0.1) is 16.0 Å². The van der Waals surface area contributed by atoms with Crippen molar-refractivity contribution in [2.75, 3.05) is 4.90 Å². The number of rotatable bonds is 4. The number of carbonyl (C=O) groups excluding carboxylic acids is 3. The number of carbonyl (C=O) groups is 3. The van der Waals surface area contributed by atoms with Crippen molar-refractivity contribution in [1.82, 2.24) is 0 Å². The maximum atomic E-state index is 12.8. The average molecular weight is 371 g/mol. The third-order valence-electron chi connectivity index (χ3n) is 4.11. The molecule has 1 fully saturated rings. The van der Waals surface area contributed by atoms with Crippen molar-refractivity contribution in [3.8, 4) is 0 Å². The minimum atomic E-state index is -1.29. The van der Waals surface area contributed by atoms with Gasteiger partial charge in [-0.25, -0.2) is 4.90 Å². The quantitative estimate of drug-likeness (QED) is 0.350. The highest BCUT2D eigenvalue weighted by molar-refractivity contribution is 7.13. The monoisotopic (exact) mass is 371 g/mol. The fraction of sp³-hybridized carbons (Fsp3) is 0.125. The predicted octanol–water partition coefficient (Wildman–Crippen LogP) is 1.78. The van der Waals surface area contributed by atoms with Gasteiger partial charge in [0.2, 0.25) is 17.8 Å². The van der Waals surface area contributed by atoms with Gasteiger partial charge < -0.3 is 4.84 Å². The molecule has 0 spiro atoms. The zero-order valence-electron chi connectivity index (χ0n) is 12.9. The Bertz CT molecular complexity index is 984. The Morgan fingerprint density at radius 2 is 1.96 bits per heavy atom. The highest BCUT2D eigenvalue weighted by Gasteiger charge is 2.58. The second-order valence-corrected chi connectivity index (χ2v) is 6.49. The Kier molecular flexibility index (Phi) is 3.62. The van der Waals surface area contributed by atoms with Gasteiger partial charge in [0.25, 0.3) is 11.6 Å². The molecule has 1 saturated heterocycles. The number of fused-ring (bicyclic) bond motifs is 1. The van der Waals surface area contributed by atoms with Crippen LogP contribution >= 0.6 is 11.3 Å². The van der Waals surface area contributed by atoms with Crippen molar-refractivity contribution in [3.05, 3.63) is 56.8 Å². The van der Waals surface area contributed by atoms with Gasteiger partial charge in [0.05, 0.1) is 9.80 Å². The van der Waals surface area contributed by atoms with E-state index in [-0.39, 0.29) is 11.4 Å². The summed E-state index contributed by atoms with van der Waals surface area (Å²) < 4.78 is 0. The summed E-state index contributed by atoms with van der Waals surface area (Å²) in [5.74, 6) is -3.27. The summed E-state index contributed by atoms with van der Waals surface area (Å²) in [6.45, 7) is 0. The third kappa shape index (κ3) is 2.23. The number of amides is 2. The van der Waals surface area contributed by atoms with Gasteiger partial charge in [-0.1, -0.05) is 23.4 Å². The topological polar surface area (TPSA) is 119 Å². The number of hydrogen-bond acceptors (Lipinski definition) is 8. The number of nitro groups is 1. The number of imide groups is 1. The van der Waals surface area contributed by atoms with Gasteiger partial charge in [-0.05, 0) is 17.5 Å². The lowest BCUT2D eigenvalue weighted by Gasteiger charge is -2.15. The molecule has 2 aliphatic heterocycles. The van der Waals surface area contributed by atoms with Gasteiger partial charge in [0.1, 0.15) is 17.3 Å². The van der Waals surface area contributed by atoms with Crippen molar-refractivity contribution in [2.24, 2.45) is 11.1 Å². The lowest BCUT2D eigenvalue weighted by Crippen LogP contribution is -2.34. The predicted molar refractivity (Wildman–Crippen MR) is 90.0 cm³/mol. The second kappa shape index (κ2) is 5.85. The molecule has 9 nitrogen and oxygen atoms in total. The zero-order chi connectivity index (χ0) is 18.4. The fourth-order valence-corrected chi connectivity index (χ4v) is 3.62. The lowest BCUT2D eigenvalue weighted by molar-refractivity contribution is -0.384. The maximum Gasteiger partial charge on any atom is 0.293 e. The molecule has 0 saturated carbocycles. The van der Waals surface area contributed by atoms with Crippen molar-refractivity contribution in [1.29, 1.82) is 0 Å².